The van der Waals surface area contributed by atoms with Crippen LogP contribution in [0, 0.1) is 6.92 Å². The lowest BCUT2D eigenvalue weighted by atomic mass is 9.90. The van der Waals surface area contributed by atoms with E-state index in [-0.39, 0.29) is 18.4 Å². The number of carboxylic acids is 1. The highest BCUT2D eigenvalue weighted by atomic mass is 16.4. The fourth-order valence-electron chi connectivity index (χ4n) is 4.75. The number of carbonyl (C=O) groups is 2. The summed E-state index contributed by atoms with van der Waals surface area (Å²) in [5.41, 5.74) is 4.91. The van der Waals surface area contributed by atoms with Gasteiger partial charge < -0.3 is 10.1 Å². The van der Waals surface area contributed by atoms with E-state index in [9.17, 15) is 14.4 Å². The van der Waals surface area contributed by atoms with Gasteiger partial charge in [0.15, 0.2) is 0 Å². The zero-order valence-corrected chi connectivity index (χ0v) is 19.8. The largest absolute Gasteiger partial charge is 0.481 e. The van der Waals surface area contributed by atoms with Crippen molar-refractivity contribution in [2.45, 2.75) is 32.2 Å². The van der Waals surface area contributed by atoms with Crippen molar-refractivity contribution >= 4 is 28.5 Å². The van der Waals surface area contributed by atoms with Gasteiger partial charge in [-0.1, -0.05) is 72.8 Å². The van der Waals surface area contributed by atoms with E-state index < -0.39 is 17.9 Å². The second-order valence-corrected chi connectivity index (χ2v) is 8.93. The number of pyridine rings is 1. The molecule has 0 unspecified atom stereocenters. The number of aryl methyl sites for hydroxylation is 1. The topological polar surface area (TPSA) is 103 Å². The Balaban J connectivity index is 1.69. The first-order chi connectivity index (χ1) is 17.4. The fraction of sp³-hybridized carbons (Fsp3) is 0.172. The van der Waals surface area contributed by atoms with Gasteiger partial charge in [0, 0.05) is 29.3 Å². The SMILES string of the molecule is Cc1ccc2c(-c3ccccc3)c(C3=NN(C(=O)CCC(=O)O)[C@@H](c4ccccc4)C3)c(=O)[nH]c2c1. The van der Waals surface area contributed by atoms with Crippen LogP contribution >= 0.6 is 0 Å². The highest BCUT2D eigenvalue weighted by Crippen LogP contribution is 2.37. The van der Waals surface area contributed by atoms with Gasteiger partial charge >= 0.3 is 5.97 Å². The molecule has 7 heteroatoms. The normalized spacial score (nSPS) is 15.2. The molecule has 0 saturated heterocycles. The predicted octanol–water partition coefficient (Wildman–Crippen LogP) is 5.05. The van der Waals surface area contributed by atoms with Crippen molar-refractivity contribution in [3.63, 3.8) is 0 Å². The Morgan fingerprint density at radius 3 is 2.36 bits per heavy atom. The summed E-state index contributed by atoms with van der Waals surface area (Å²) in [5.74, 6) is -1.44. The fourth-order valence-corrected chi connectivity index (χ4v) is 4.75. The van der Waals surface area contributed by atoms with Crippen LogP contribution in [0.3, 0.4) is 0 Å². The van der Waals surface area contributed by atoms with Crippen LogP contribution in [0.15, 0.2) is 88.8 Å². The minimum absolute atomic E-state index is 0.172. The molecule has 1 aliphatic heterocycles. The number of carbonyl (C=O) groups excluding carboxylic acids is 1. The number of carboxylic acid groups (broad SMARTS) is 1. The van der Waals surface area contributed by atoms with Crippen molar-refractivity contribution in [3.8, 4) is 11.1 Å². The number of fused-ring (bicyclic) bond motifs is 1. The Morgan fingerprint density at radius 2 is 1.67 bits per heavy atom. The first kappa shape index (κ1) is 23.2. The zero-order chi connectivity index (χ0) is 25.2. The standard InChI is InChI=1S/C29H25N3O4/c1-18-12-13-21-22(16-18)30-29(36)28(27(21)20-10-6-3-7-11-20)23-17-24(19-8-4-2-5-9-19)32(31-23)25(33)14-15-26(34)35/h2-13,16,24H,14-15,17H2,1H3,(H,30,36)(H,34,35)/t24-/m1/s1. The molecule has 1 aliphatic rings. The molecule has 0 saturated carbocycles. The third kappa shape index (κ3) is 4.43. The van der Waals surface area contributed by atoms with Gasteiger partial charge in [-0.05, 0) is 29.7 Å². The molecule has 1 atom stereocenters. The molecular weight excluding hydrogens is 454 g/mol. The number of rotatable bonds is 6. The first-order valence-corrected chi connectivity index (χ1v) is 11.8. The molecule has 4 aromatic rings. The second-order valence-electron chi connectivity index (χ2n) is 8.93. The van der Waals surface area contributed by atoms with E-state index in [1.54, 1.807) is 0 Å². The third-order valence-electron chi connectivity index (χ3n) is 6.42. The van der Waals surface area contributed by atoms with Crippen molar-refractivity contribution in [1.29, 1.82) is 0 Å². The number of aromatic nitrogens is 1. The van der Waals surface area contributed by atoms with Crippen LogP contribution < -0.4 is 5.56 Å². The molecule has 0 radical (unpaired) electrons. The summed E-state index contributed by atoms with van der Waals surface area (Å²) in [7, 11) is 0. The molecule has 3 aromatic carbocycles. The molecule has 2 heterocycles. The Labute approximate surface area is 207 Å². The maximum Gasteiger partial charge on any atom is 0.303 e. The molecule has 180 valence electrons. The van der Waals surface area contributed by atoms with Crippen LogP contribution in [0.5, 0.6) is 0 Å². The molecule has 1 aromatic heterocycles. The minimum Gasteiger partial charge on any atom is -0.481 e. The van der Waals surface area contributed by atoms with E-state index in [1.165, 1.54) is 5.01 Å². The summed E-state index contributed by atoms with van der Waals surface area (Å²) in [5, 5.41) is 16.0. The summed E-state index contributed by atoms with van der Waals surface area (Å²) >= 11 is 0. The van der Waals surface area contributed by atoms with E-state index in [1.807, 2.05) is 85.8 Å². The number of H-pyrrole nitrogens is 1. The van der Waals surface area contributed by atoms with Gasteiger partial charge in [-0.15, -0.1) is 0 Å². The van der Waals surface area contributed by atoms with Gasteiger partial charge in [-0.2, -0.15) is 5.10 Å². The van der Waals surface area contributed by atoms with Crippen LogP contribution in [-0.2, 0) is 9.59 Å². The smallest absolute Gasteiger partial charge is 0.303 e. The Morgan fingerprint density at radius 1 is 0.972 bits per heavy atom. The summed E-state index contributed by atoms with van der Waals surface area (Å²) in [6.45, 7) is 1.97. The summed E-state index contributed by atoms with van der Waals surface area (Å²) in [6, 6.07) is 24.7. The van der Waals surface area contributed by atoms with E-state index in [0.717, 1.165) is 33.2 Å². The van der Waals surface area contributed by atoms with Crippen LogP contribution in [-0.4, -0.2) is 32.7 Å². The lowest BCUT2D eigenvalue weighted by molar-refractivity contribution is -0.141. The van der Waals surface area contributed by atoms with Crippen LogP contribution in [0.1, 0.15) is 42.0 Å². The monoisotopic (exact) mass is 479 g/mol. The average molecular weight is 480 g/mol. The predicted molar refractivity (Wildman–Crippen MR) is 139 cm³/mol. The van der Waals surface area contributed by atoms with Crippen LogP contribution in [0.4, 0.5) is 0 Å². The van der Waals surface area contributed by atoms with E-state index in [4.69, 9.17) is 5.11 Å². The molecule has 2 N–H and O–H groups in total. The number of hydrazone groups is 1. The highest BCUT2D eigenvalue weighted by Gasteiger charge is 2.35. The Hall–Kier alpha value is -4.52. The quantitative estimate of drug-likeness (QED) is 0.404. The van der Waals surface area contributed by atoms with Gasteiger partial charge in [0.05, 0.1) is 23.7 Å². The molecule has 0 aliphatic carbocycles. The number of amides is 1. The van der Waals surface area contributed by atoms with Crippen molar-refractivity contribution < 1.29 is 14.7 Å². The maximum atomic E-state index is 13.5. The van der Waals surface area contributed by atoms with Crippen molar-refractivity contribution in [2.75, 3.05) is 0 Å². The number of aliphatic carboxylic acids is 1. The number of hydrogen-bond acceptors (Lipinski definition) is 4. The van der Waals surface area contributed by atoms with Crippen LogP contribution in [0.2, 0.25) is 0 Å². The number of nitrogens with zero attached hydrogens (tertiary/aromatic N) is 2. The van der Waals surface area contributed by atoms with Crippen molar-refractivity contribution in [2.24, 2.45) is 5.10 Å². The number of nitrogens with one attached hydrogen (secondary N) is 1. The van der Waals surface area contributed by atoms with Gasteiger partial charge in [0.2, 0.25) is 5.91 Å². The Bertz CT molecular complexity index is 1540. The highest BCUT2D eigenvalue weighted by molar-refractivity contribution is 6.13. The zero-order valence-electron chi connectivity index (χ0n) is 19.8. The van der Waals surface area contributed by atoms with Gasteiger partial charge in [-0.3, -0.25) is 14.4 Å². The summed E-state index contributed by atoms with van der Waals surface area (Å²) < 4.78 is 0. The average Bonchev–Trinajstić information content (AvgIpc) is 3.32. The number of aromatic amines is 1. The Kier molecular flexibility index (Phi) is 6.21. The molecular formula is C29H25N3O4. The van der Waals surface area contributed by atoms with Gasteiger partial charge in [0.25, 0.3) is 5.56 Å². The molecule has 7 nitrogen and oxygen atoms in total. The van der Waals surface area contributed by atoms with Crippen molar-refractivity contribution in [3.05, 3.63) is 106 Å². The molecule has 1 amide bonds. The molecule has 36 heavy (non-hydrogen) atoms. The van der Waals surface area contributed by atoms with Crippen LogP contribution in [0.25, 0.3) is 22.0 Å². The number of benzene rings is 3. The van der Waals surface area contributed by atoms with E-state index in [2.05, 4.69) is 10.1 Å². The second kappa shape index (κ2) is 9.62. The minimum atomic E-state index is -1.05. The maximum absolute atomic E-state index is 13.5. The van der Waals surface area contributed by atoms with E-state index >= 15 is 0 Å². The molecule has 5 rings (SSSR count). The molecule has 0 bridgehead atoms. The summed E-state index contributed by atoms with van der Waals surface area (Å²) in [4.78, 5) is 40.7. The summed E-state index contributed by atoms with van der Waals surface area (Å²) in [6.07, 6.45) is -0.121. The molecule has 0 spiro atoms. The van der Waals surface area contributed by atoms with Gasteiger partial charge in [0.1, 0.15) is 0 Å². The van der Waals surface area contributed by atoms with E-state index in [0.29, 0.717) is 17.7 Å². The van der Waals surface area contributed by atoms with Crippen molar-refractivity contribution in [1.82, 2.24) is 9.99 Å². The third-order valence-corrected chi connectivity index (χ3v) is 6.42. The van der Waals surface area contributed by atoms with Gasteiger partial charge in [-0.25, -0.2) is 5.01 Å². The lowest BCUT2D eigenvalue weighted by Gasteiger charge is -2.21. The lowest BCUT2D eigenvalue weighted by Crippen LogP contribution is -2.27. The molecule has 0 fully saturated rings. The number of hydrogen-bond donors (Lipinski definition) is 2. The first-order valence-electron chi connectivity index (χ1n) is 11.8.